The summed E-state index contributed by atoms with van der Waals surface area (Å²) in [4.78, 5) is 34.6. The zero-order chi connectivity index (χ0) is 14.4. The Morgan fingerprint density at radius 1 is 1.21 bits per heavy atom. The van der Waals surface area contributed by atoms with Crippen LogP contribution in [0.1, 0.15) is 32.1 Å². The number of hydrogen-bond acceptors (Lipinski definition) is 4. The number of carboxylic acid groups (broad SMARTS) is 2. The van der Waals surface area contributed by atoms with Crippen molar-refractivity contribution in [3.05, 3.63) is 0 Å². The molecule has 1 heterocycles. The van der Waals surface area contributed by atoms with Crippen LogP contribution in [0.15, 0.2) is 0 Å². The molecule has 1 saturated heterocycles. The molecule has 7 nitrogen and oxygen atoms in total. The van der Waals surface area contributed by atoms with Crippen LogP contribution in [0.4, 0.5) is 0 Å². The summed E-state index contributed by atoms with van der Waals surface area (Å²) in [5.74, 6) is -1.89. The lowest BCUT2D eigenvalue weighted by atomic mass is 9.93. The Morgan fingerprint density at radius 2 is 1.79 bits per heavy atom. The predicted molar refractivity (Wildman–Crippen MR) is 66.4 cm³/mol. The minimum absolute atomic E-state index is 0.106. The predicted octanol–water partition coefficient (Wildman–Crippen LogP) is -0.108. The van der Waals surface area contributed by atoms with Crippen LogP contribution in [0.5, 0.6) is 0 Å². The van der Waals surface area contributed by atoms with Crippen LogP contribution in [0.25, 0.3) is 0 Å². The maximum Gasteiger partial charge on any atom is 0.320 e. The monoisotopic (exact) mass is 272 g/mol. The third-order valence-corrected chi connectivity index (χ3v) is 3.42. The fraction of sp³-hybridized carbons (Fsp3) is 0.750. The molecule has 0 aromatic rings. The van der Waals surface area contributed by atoms with E-state index < -0.39 is 18.0 Å². The van der Waals surface area contributed by atoms with Crippen molar-refractivity contribution in [2.45, 2.75) is 38.1 Å². The largest absolute Gasteiger partial charge is 0.481 e. The van der Waals surface area contributed by atoms with E-state index in [1.807, 2.05) is 0 Å². The molecule has 0 bridgehead atoms. The van der Waals surface area contributed by atoms with E-state index in [0.29, 0.717) is 25.9 Å². The number of carboxylic acids is 2. The molecule has 1 aliphatic heterocycles. The second-order valence-corrected chi connectivity index (χ2v) is 4.91. The highest BCUT2D eigenvalue weighted by Crippen LogP contribution is 2.21. The molecular weight excluding hydrogens is 252 g/mol. The molecule has 1 rings (SSSR count). The number of piperidine rings is 1. The van der Waals surface area contributed by atoms with Crippen LogP contribution >= 0.6 is 0 Å². The van der Waals surface area contributed by atoms with Crippen molar-refractivity contribution in [2.75, 3.05) is 13.1 Å². The van der Waals surface area contributed by atoms with E-state index in [-0.39, 0.29) is 31.1 Å². The smallest absolute Gasteiger partial charge is 0.320 e. The van der Waals surface area contributed by atoms with Gasteiger partial charge in [0.15, 0.2) is 0 Å². The van der Waals surface area contributed by atoms with E-state index in [0.717, 1.165) is 0 Å². The van der Waals surface area contributed by atoms with Crippen molar-refractivity contribution in [3.8, 4) is 0 Å². The van der Waals surface area contributed by atoms with E-state index in [2.05, 4.69) is 0 Å². The van der Waals surface area contributed by atoms with Gasteiger partial charge in [0.05, 0.1) is 0 Å². The van der Waals surface area contributed by atoms with Crippen molar-refractivity contribution in [1.29, 1.82) is 0 Å². The van der Waals surface area contributed by atoms with Gasteiger partial charge in [0.1, 0.15) is 6.04 Å². The summed E-state index contributed by atoms with van der Waals surface area (Å²) in [5, 5.41) is 17.3. The zero-order valence-corrected chi connectivity index (χ0v) is 10.7. The number of hydrogen-bond donors (Lipinski definition) is 3. The normalized spacial score (nSPS) is 18.1. The number of nitrogens with zero attached hydrogens (tertiary/aromatic N) is 1. The van der Waals surface area contributed by atoms with E-state index >= 15 is 0 Å². The lowest BCUT2D eigenvalue weighted by Gasteiger charge is -2.31. The molecule has 0 radical (unpaired) electrons. The van der Waals surface area contributed by atoms with Crippen molar-refractivity contribution >= 4 is 17.8 Å². The number of rotatable bonds is 6. The third kappa shape index (κ3) is 5.25. The van der Waals surface area contributed by atoms with Gasteiger partial charge < -0.3 is 20.8 Å². The van der Waals surface area contributed by atoms with Gasteiger partial charge in [-0.25, -0.2) is 0 Å². The number of amides is 1. The first kappa shape index (κ1) is 15.4. The van der Waals surface area contributed by atoms with Crippen LogP contribution < -0.4 is 5.73 Å². The molecule has 0 aliphatic carbocycles. The van der Waals surface area contributed by atoms with Crippen LogP contribution in [0.2, 0.25) is 0 Å². The van der Waals surface area contributed by atoms with Gasteiger partial charge in [-0.2, -0.15) is 0 Å². The van der Waals surface area contributed by atoms with Crippen LogP contribution in [-0.4, -0.2) is 52.1 Å². The Bertz CT molecular complexity index is 350. The molecule has 1 fully saturated rings. The van der Waals surface area contributed by atoms with Gasteiger partial charge in [0, 0.05) is 25.9 Å². The Balaban J connectivity index is 2.29. The molecule has 19 heavy (non-hydrogen) atoms. The molecular formula is C12H20N2O5. The second kappa shape index (κ2) is 7.08. The highest BCUT2D eigenvalue weighted by atomic mass is 16.4. The Morgan fingerprint density at radius 3 is 2.26 bits per heavy atom. The van der Waals surface area contributed by atoms with E-state index in [9.17, 15) is 14.4 Å². The van der Waals surface area contributed by atoms with Gasteiger partial charge in [-0.05, 0) is 25.2 Å². The van der Waals surface area contributed by atoms with Crippen LogP contribution in [0.3, 0.4) is 0 Å². The lowest BCUT2D eigenvalue weighted by Crippen LogP contribution is -2.40. The zero-order valence-electron chi connectivity index (χ0n) is 10.7. The fourth-order valence-corrected chi connectivity index (χ4v) is 2.19. The number of likely N-dealkylation sites (tertiary alicyclic amines) is 1. The number of aliphatic carboxylic acids is 2. The summed E-state index contributed by atoms with van der Waals surface area (Å²) >= 11 is 0. The molecule has 0 unspecified atom stereocenters. The summed E-state index contributed by atoms with van der Waals surface area (Å²) in [7, 11) is 0. The van der Waals surface area contributed by atoms with E-state index in [1.54, 1.807) is 4.90 Å². The molecule has 0 aromatic heterocycles. The summed E-state index contributed by atoms with van der Waals surface area (Å²) < 4.78 is 0. The maximum atomic E-state index is 11.8. The van der Waals surface area contributed by atoms with E-state index in [1.165, 1.54) is 0 Å². The standard InChI is InChI=1S/C12H20N2O5/c13-9(12(18)19)1-2-10(15)14-5-3-8(4-6-14)7-11(16)17/h8-9H,1-7,13H2,(H,16,17)(H,18,19)/t9-/m0/s1. The first-order valence-electron chi connectivity index (χ1n) is 6.38. The lowest BCUT2D eigenvalue weighted by molar-refractivity contribution is -0.139. The third-order valence-electron chi connectivity index (χ3n) is 3.42. The Hall–Kier alpha value is -1.63. The molecule has 7 heteroatoms. The minimum atomic E-state index is -1.10. The molecule has 0 spiro atoms. The van der Waals surface area contributed by atoms with Gasteiger partial charge in [-0.15, -0.1) is 0 Å². The van der Waals surface area contributed by atoms with Gasteiger partial charge in [-0.3, -0.25) is 14.4 Å². The molecule has 108 valence electrons. The van der Waals surface area contributed by atoms with Gasteiger partial charge >= 0.3 is 11.9 Å². The van der Waals surface area contributed by atoms with Crippen LogP contribution in [0, 0.1) is 5.92 Å². The fourth-order valence-electron chi connectivity index (χ4n) is 2.19. The van der Waals surface area contributed by atoms with Crippen molar-refractivity contribution in [2.24, 2.45) is 11.7 Å². The second-order valence-electron chi connectivity index (χ2n) is 4.91. The van der Waals surface area contributed by atoms with Crippen molar-refractivity contribution in [3.63, 3.8) is 0 Å². The molecule has 1 atom stereocenters. The topological polar surface area (TPSA) is 121 Å². The highest BCUT2D eigenvalue weighted by Gasteiger charge is 2.24. The first-order chi connectivity index (χ1) is 8.90. The first-order valence-corrected chi connectivity index (χ1v) is 6.38. The summed E-state index contributed by atoms with van der Waals surface area (Å²) in [6.45, 7) is 1.08. The maximum absolute atomic E-state index is 11.8. The summed E-state index contributed by atoms with van der Waals surface area (Å²) in [5.41, 5.74) is 5.34. The average Bonchev–Trinajstić information content (AvgIpc) is 2.35. The molecule has 1 aliphatic rings. The SMILES string of the molecule is N[C@@H](CCC(=O)N1CCC(CC(=O)O)CC1)C(=O)O. The number of carbonyl (C=O) groups excluding carboxylic acids is 1. The molecule has 4 N–H and O–H groups in total. The number of carbonyl (C=O) groups is 3. The number of nitrogens with two attached hydrogens (primary N) is 1. The van der Waals surface area contributed by atoms with Gasteiger partial charge in [0.2, 0.25) is 5.91 Å². The van der Waals surface area contributed by atoms with Crippen LogP contribution in [-0.2, 0) is 14.4 Å². The minimum Gasteiger partial charge on any atom is -0.481 e. The van der Waals surface area contributed by atoms with Gasteiger partial charge in [0.25, 0.3) is 0 Å². The van der Waals surface area contributed by atoms with Crippen molar-refractivity contribution < 1.29 is 24.6 Å². The molecule has 0 aromatic carbocycles. The van der Waals surface area contributed by atoms with Gasteiger partial charge in [-0.1, -0.05) is 0 Å². The Labute approximate surface area is 111 Å². The average molecular weight is 272 g/mol. The summed E-state index contributed by atoms with van der Waals surface area (Å²) in [6, 6.07) is -1.01. The highest BCUT2D eigenvalue weighted by molar-refractivity contribution is 5.78. The van der Waals surface area contributed by atoms with E-state index in [4.69, 9.17) is 15.9 Å². The van der Waals surface area contributed by atoms with Crippen molar-refractivity contribution in [1.82, 2.24) is 4.90 Å². The summed E-state index contributed by atoms with van der Waals surface area (Å²) in [6.07, 6.45) is 1.76. The quantitative estimate of drug-likeness (QED) is 0.620. The molecule has 0 saturated carbocycles. The Kier molecular flexibility index (Phi) is 5.75. The molecule has 1 amide bonds.